The summed E-state index contributed by atoms with van der Waals surface area (Å²) >= 11 is 0. The second-order valence-corrected chi connectivity index (χ2v) is 14.6. The first-order chi connectivity index (χ1) is 26.0. The number of nitrogens with zero attached hydrogens (tertiary/aromatic N) is 1. The second kappa shape index (κ2) is 21.1. The minimum Gasteiger partial charge on any atom is -0.508 e. The first kappa shape index (κ1) is 43.5. The number of rotatable bonds is 18. The molecule has 0 fully saturated rings. The number of likely N-dealkylation sites (N-methyl/N-ethyl adjacent to an activating group) is 1. The van der Waals surface area contributed by atoms with Gasteiger partial charge in [0.25, 0.3) is 0 Å². The average Bonchev–Trinajstić information content (AvgIpc) is 3.12. The molecule has 0 heterocycles. The summed E-state index contributed by atoms with van der Waals surface area (Å²) < 4.78 is 10.8. The van der Waals surface area contributed by atoms with Gasteiger partial charge in [-0.1, -0.05) is 86.6 Å². The third-order valence-corrected chi connectivity index (χ3v) is 8.03. The summed E-state index contributed by atoms with van der Waals surface area (Å²) in [6.45, 7) is 7.93. The van der Waals surface area contributed by atoms with Crippen LogP contribution < -0.4 is 21.3 Å². The highest BCUT2D eigenvalue weighted by atomic mass is 16.6. The van der Waals surface area contributed by atoms with Gasteiger partial charge in [0.05, 0.1) is 13.1 Å². The average molecular weight is 760 g/mol. The normalized spacial score (nSPS) is 12.7. The van der Waals surface area contributed by atoms with Crippen LogP contribution in [0.1, 0.15) is 57.7 Å². The summed E-state index contributed by atoms with van der Waals surface area (Å²) in [4.78, 5) is 80.0. The monoisotopic (exact) mass is 759 g/mol. The van der Waals surface area contributed by atoms with E-state index in [2.05, 4.69) is 21.3 Å². The van der Waals surface area contributed by atoms with Crippen molar-refractivity contribution in [3.63, 3.8) is 0 Å². The zero-order valence-electron chi connectivity index (χ0n) is 32.3. The van der Waals surface area contributed by atoms with Crippen molar-refractivity contribution in [3.05, 3.63) is 102 Å². The minimum atomic E-state index is -1.12. The van der Waals surface area contributed by atoms with E-state index < -0.39 is 72.5 Å². The Morgan fingerprint density at radius 2 is 1.27 bits per heavy atom. The summed E-state index contributed by atoms with van der Waals surface area (Å²) in [6, 6.07) is 21.1. The Bertz CT molecular complexity index is 1730. The summed E-state index contributed by atoms with van der Waals surface area (Å²) in [6.07, 6.45) is -0.380. The zero-order chi connectivity index (χ0) is 40.5. The van der Waals surface area contributed by atoms with Crippen LogP contribution in [0.15, 0.2) is 84.9 Å². The Kier molecular flexibility index (Phi) is 16.7. The lowest BCUT2D eigenvalue weighted by Crippen LogP contribution is -2.55. The lowest BCUT2D eigenvalue weighted by Gasteiger charge is -2.26. The number of alkyl carbamates (subject to hydrolysis) is 1. The molecule has 0 spiro atoms. The SMILES string of the molecule is CC(C)C[C@H](NC(=O)[C@H](Cc1ccccc1)NC(=O)CNC(=O)CN(C)C(=O)[C@H](Cc1ccc(O)cc1)NC(=O)OC(C)(C)C)C(=O)OCc1ccccc1. The number of phenols is 1. The first-order valence-electron chi connectivity index (χ1n) is 18.1. The Balaban J connectivity index is 1.64. The molecule has 296 valence electrons. The van der Waals surface area contributed by atoms with E-state index in [0.717, 1.165) is 16.0 Å². The molecule has 14 heteroatoms. The van der Waals surface area contributed by atoms with Gasteiger partial charge < -0.3 is 40.7 Å². The van der Waals surface area contributed by atoms with E-state index in [1.807, 2.05) is 50.2 Å². The number of carbonyl (C=O) groups is 6. The van der Waals surface area contributed by atoms with Crippen molar-refractivity contribution in [2.75, 3.05) is 20.1 Å². The predicted molar refractivity (Wildman–Crippen MR) is 205 cm³/mol. The van der Waals surface area contributed by atoms with Crippen LogP contribution >= 0.6 is 0 Å². The van der Waals surface area contributed by atoms with Crippen molar-refractivity contribution in [2.45, 2.75) is 84.2 Å². The molecular weight excluding hydrogens is 706 g/mol. The predicted octanol–water partition coefficient (Wildman–Crippen LogP) is 3.40. The largest absolute Gasteiger partial charge is 0.508 e. The highest BCUT2D eigenvalue weighted by Gasteiger charge is 2.30. The second-order valence-electron chi connectivity index (χ2n) is 14.6. The molecule has 14 nitrogen and oxygen atoms in total. The minimum absolute atomic E-state index is 0.0334. The number of hydrogen-bond acceptors (Lipinski definition) is 9. The van der Waals surface area contributed by atoms with Gasteiger partial charge in [0, 0.05) is 19.9 Å². The highest BCUT2D eigenvalue weighted by Crippen LogP contribution is 2.14. The van der Waals surface area contributed by atoms with Crippen LogP contribution in [-0.2, 0) is 52.9 Å². The molecular formula is C41H53N5O9. The fourth-order valence-electron chi connectivity index (χ4n) is 5.40. The van der Waals surface area contributed by atoms with Gasteiger partial charge in [-0.05, 0) is 61.9 Å². The molecule has 5 N–H and O–H groups in total. The molecule has 0 radical (unpaired) electrons. The molecule has 0 saturated heterocycles. The fraction of sp³-hybridized carbons (Fsp3) is 0.415. The maximum Gasteiger partial charge on any atom is 0.408 e. The number of nitrogens with one attached hydrogen (secondary N) is 4. The lowest BCUT2D eigenvalue weighted by molar-refractivity contribution is -0.149. The van der Waals surface area contributed by atoms with Crippen LogP contribution in [0.5, 0.6) is 5.75 Å². The van der Waals surface area contributed by atoms with E-state index in [4.69, 9.17) is 9.47 Å². The first-order valence-corrected chi connectivity index (χ1v) is 18.1. The van der Waals surface area contributed by atoms with Crippen LogP contribution in [0.25, 0.3) is 0 Å². The Hall–Kier alpha value is -5.92. The molecule has 0 aliphatic rings. The molecule has 3 aromatic carbocycles. The van der Waals surface area contributed by atoms with Gasteiger partial charge >= 0.3 is 12.1 Å². The van der Waals surface area contributed by atoms with Crippen molar-refractivity contribution in [3.8, 4) is 5.75 Å². The number of carbonyl (C=O) groups excluding carboxylic acids is 6. The van der Waals surface area contributed by atoms with Crippen LogP contribution in [0.4, 0.5) is 4.79 Å². The summed E-state index contributed by atoms with van der Waals surface area (Å²) in [5, 5.41) is 20.1. The van der Waals surface area contributed by atoms with Crippen LogP contribution in [0.2, 0.25) is 0 Å². The van der Waals surface area contributed by atoms with E-state index in [1.165, 1.54) is 19.2 Å². The quantitative estimate of drug-likeness (QED) is 0.121. The summed E-state index contributed by atoms with van der Waals surface area (Å²) in [5.74, 6) is -3.09. The molecule has 55 heavy (non-hydrogen) atoms. The van der Waals surface area contributed by atoms with E-state index >= 15 is 0 Å². The topological polar surface area (TPSA) is 192 Å². The summed E-state index contributed by atoms with van der Waals surface area (Å²) in [7, 11) is 1.38. The van der Waals surface area contributed by atoms with Crippen molar-refractivity contribution in [2.24, 2.45) is 5.92 Å². The van der Waals surface area contributed by atoms with Gasteiger partial charge in [0.2, 0.25) is 23.6 Å². The maximum atomic E-state index is 13.7. The zero-order valence-corrected chi connectivity index (χ0v) is 32.3. The number of aromatic hydroxyl groups is 1. The van der Waals surface area contributed by atoms with Crippen LogP contribution in [0.3, 0.4) is 0 Å². The molecule has 0 unspecified atom stereocenters. The molecule has 5 amide bonds. The van der Waals surface area contributed by atoms with E-state index in [9.17, 15) is 33.9 Å². The van der Waals surface area contributed by atoms with Crippen LogP contribution in [0, 0.1) is 5.92 Å². The number of ether oxygens (including phenoxy) is 2. The van der Waals surface area contributed by atoms with Gasteiger partial charge in [0.15, 0.2) is 0 Å². The van der Waals surface area contributed by atoms with E-state index in [-0.39, 0.29) is 31.1 Å². The van der Waals surface area contributed by atoms with Gasteiger partial charge in [-0.25, -0.2) is 9.59 Å². The van der Waals surface area contributed by atoms with Crippen molar-refractivity contribution < 1.29 is 43.3 Å². The molecule has 3 rings (SSSR count). The smallest absolute Gasteiger partial charge is 0.408 e. The van der Waals surface area contributed by atoms with Crippen molar-refractivity contribution in [1.29, 1.82) is 0 Å². The highest BCUT2D eigenvalue weighted by molar-refractivity contribution is 5.93. The summed E-state index contributed by atoms with van der Waals surface area (Å²) in [5.41, 5.74) is 1.35. The third kappa shape index (κ3) is 16.3. The van der Waals surface area contributed by atoms with Gasteiger partial charge in [-0.15, -0.1) is 0 Å². The molecule has 0 aromatic heterocycles. The molecule has 0 bridgehead atoms. The van der Waals surface area contributed by atoms with E-state index in [0.29, 0.717) is 12.0 Å². The number of hydrogen-bond donors (Lipinski definition) is 5. The number of amides is 5. The standard InChI is InChI=1S/C41H53N5O9/c1-27(2)21-34(39(52)54-26-30-15-11-8-12-16-30)44-37(50)32(22-28-13-9-7-10-14-28)43-35(48)24-42-36(49)25-46(6)38(51)33(45-40(53)55-41(3,4)5)23-29-17-19-31(47)20-18-29/h7-20,27,32-34,47H,21-26H2,1-6H3,(H,42,49)(H,43,48)(H,44,50)(H,45,53)/t32-,33-,34-/m0/s1. The molecule has 0 aliphatic heterocycles. The molecule has 0 saturated carbocycles. The molecule has 3 atom stereocenters. The Morgan fingerprint density at radius 3 is 1.85 bits per heavy atom. The third-order valence-electron chi connectivity index (χ3n) is 8.03. The molecule has 3 aromatic rings. The molecule has 0 aliphatic carbocycles. The van der Waals surface area contributed by atoms with Gasteiger partial charge in [-0.2, -0.15) is 0 Å². The van der Waals surface area contributed by atoms with Gasteiger partial charge in [-0.3, -0.25) is 19.2 Å². The number of esters is 1. The number of benzene rings is 3. The van der Waals surface area contributed by atoms with Crippen LogP contribution in [-0.4, -0.2) is 89.6 Å². The van der Waals surface area contributed by atoms with Crippen molar-refractivity contribution >= 4 is 35.7 Å². The van der Waals surface area contributed by atoms with Crippen molar-refractivity contribution in [1.82, 2.24) is 26.2 Å². The Labute approximate surface area is 322 Å². The Morgan fingerprint density at radius 1 is 0.709 bits per heavy atom. The number of phenolic OH excluding ortho intramolecular Hbond substituents is 1. The lowest BCUT2D eigenvalue weighted by atomic mass is 10.0. The maximum absolute atomic E-state index is 13.7. The van der Waals surface area contributed by atoms with Gasteiger partial charge in [0.1, 0.15) is 36.1 Å². The fourth-order valence-corrected chi connectivity index (χ4v) is 5.40. The van der Waals surface area contributed by atoms with E-state index in [1.54, 1.807) is 57.2 Å².